The van der Waals surface area contributed by atoms with Gasteiger partial charge in [0.1, 0.15) is 6.10 Å². The second-order valence-corrected chi connectivity index (χ2v) is 13.1. The fourth-order valence-electron chi connectivity index (χ4n) is 5.03. The van der Waals surface area contributed by atoms with Crippen LogP contribution in [0.2, 0.25) is 0 Å². The molecular weight excluding hydrogens is 560 g/mol. The maximum absolute atomic E-state index is 13.5. The van der Waals surface area contributed by atoms with E-state index in [9.17, 15) is 14.7 Å². The molecule has 0 unspecified atom stereocenters. The van der Waals surface area contributed by atoms with Crippen molar-refractivity contribution < 1.29 is 24.2 Å². The first-order valence-corrected chi connectivity index (χ1v) is 16.6. The Bertz CT molecular complexity index is 1190. The van der Waals surface area contributed by atoms with Crippen molar-refractivity contribution in [2.45, 2.75) is 144 Å². The minimum atomic E-state index is -1.27. The molecule has 0 saturated carbocycles. The minimum absolute atomic E-state index is 0.439. The average molecular weight is 621 g/mol. The molecule has 5 nitrogen and oxygen atoms in total. The molecule has 1 N–H and O–H groups in total. The molecule has 0 fully saturated rings. The molecule has 0 aliphatic rings. The van der Waals surface area contributed by atoms with Crippen molar-refractivity contribution in [3.05, 3.63) is 94.1 Å². The van der Waals surface area contributed by atoms with Crippen molar-refractivity contribution in [1.82, 2.24) is 0 Å². The first-order valence-electron chi connectivity index (χ1n) is 16.6. The molecule has 3 atom stereocenters. The minimum Gasteiger partial charge on any atom is -0.456 e. The standard InChI is InChI=1S/C40H60O5/c1-30(2)18-13-20-32(5)22-15-23-33(6)24-16-28-37(40(9,43)29-17-25-34(7)21-14-19-31(3)4)45-39(42)38(44-35(8)41)36-26-11-10-12-27-36/h10-12,18-19,22,24-27,37-38,43H,13-17,20-21,23,28-29H2,1-9H3/b32-22+,33-24+,34-25+/t37-,38-,40+/m0/s1. The topological polar surface area (TPSA) is 72.8 Å². The van der Waals surface area contributed by atoms with E-state index >= 15 is 0 Å². The molecule has 0 aliphatic heterocycles. The maximum Gasteiger partial charge on any atom is 0.352 e. The lowest BCUT2D eigenvalue weighted by Gasteiger charge is -2.33. The van der Waals surface area contributed by atoms with Crippen molar-refractivity contribution in [3.8, 4) is 0 Å². The van der Waals surface area contributed by atoms with Gasteiger partial charge in [-0.15, -0.1) is 0 Å². The van der Waals surface area contributed by atoms with Gasteiger partial charge in [0, 0.05) is 12.5 Å². The zero-order valence-electron chi connectivity index (χ0n) is 29.6. The fourth-order valence-corrected chi connectivity index (χ4v) is 5.03. The molecule has 1 rings (SSSR count). The summed E-state index contributed by atoms with van der Waals surface area (Å²) in [5.41, 5.74) is 5.88. The third kappa shape index (κ3) is 18.4. The molecular formula is C40H60O5. The molecule has 0 aromatic heterocycles. The van der Waals surface area contributed by atoms with Crippen molar-refractivity contribution in [3.63, 3.8) is 0 Å². The molecule has 250 valence electrons. The van der Waals surface area contributed by atoms with Crippen LogP contribution in [0.25, 0.3) is 0 Å². The highest BCUT2D eigenvalue weighted by atomic mass is 16.6. The van der Waals surface area contributed by atoms with E-state index in [-0.39, 0.29) is 0 Å². The first kappa shape index (κ1) is 39.8. The van der Waals surface area contributed by atoms with Gasteiger partial charge in [-0.25, -0.2) is 4.79 Å². The van der Waals surface area contributed by atoms with Crippen molar-refractivity contribution >= 4 is 11.9 Å². The van der Waals surface area contributed by atoms with E-state index in [1.807, 2.05) is 6.07 Å². The number of hydrogen-bond donors (Lipinski definition) is 1. The highest BCUT2D eigenvalue weighted by molar-refractivity contribution is 5.80. The van der Waals surface area contributed by atoms with E-state index in [1.54, 1.807) is 31.2 Å². The first-order chi connectivity index (χ1) is 21.2. The number of carbonyl (C=O) groups excluding carboxylic acids is 2. The van der Waals surface area contributed by atoms with Crippen molar-refractivity contribution in [1.29, 1.82) is 0 Å². The van der Waals surface area contributed by atoms with Gasteiger partial charge in [-0.1, -0.05) is 88.6 Å². The van der Waals surface area contributed by atoms with Gasteiger partial charge in [-0.2, -0.15) is 0 Å². The number of allylic oxidation sites excluding steroid dienone is 10. The number of rotatable bonds is 20. The third-order valence-electron chi connectivity index (χ3n) is 7.83. The number of esters is 2. The number of carbonyl (C=O) groups is 2. The Morgan fingerprint density at radius 3 is 1.64 bits per heavy atom. The SMILES string of the molecule is CC(=O)O[C@H](C(=O)O[C@@H](CC/C=C(\C)CC/C=C(\C)CCC=C(C)C)[C@](C)(O)CC/C=C(\C)CCC=C(C)C)c1ccccc1. The lowest BCUT2D eigenvalue weighted by atomic mass is 9.89. The summed E-state index contributed by atoms with van der Waals surface area (Å²) in [4.78, 5) is 25.3. The molecule has 0 radical (unpaired) electrons. The average Bonchev–Trinajstić information content (AvgIpc) is 2.95. The largest absolute Gasteiger partial charge is 0.456 e. The van der Waals surface area contributed by atoms with E-state index in [0.29, 0.717) is 31.2 Å². The van der Waals surface area contributed by atoms with Gasteiger partial charge in [-0.3, -0.25) is 4.79 Å². The van der Waals surface area contributed by atoms with Crippen LogP contribution in [0.1, 0.15) is 138 Å². The van der Waals surface area contributed by atoms with Crippen LogP contribution in [-0.2, 0) is 19.1 Å². The highest BCUT2D eigenvalue weighted by Crippen LogP contribution is 2.29. The summed E-state index contributed by atoms with van der Waals surface area (Å²) in [5.74, 6) is -1.25. The smallest absolute Gasteiger partial charge is 0.352 e. The molecule has 1 aromatic carbocycles. The van der Waals surface area contributed by atoms with Gasteiger partial charge < -0.3 is 14.6 Å². The Hall–Kier alpha value is -3.18. The Kier molecular flexibility index (Phi) is 19.1. The van der Waals surface area contributed by atoms with Gasteiger partial charge >= 0.3 is 11.9 Å². The van der Waals surface area contributed by atoms with Gasteiger partial charge in [0.05, 0.1) is 5.60 Å². The summed E-state index contributed by atoms with van der Waals surface area (Å²) < 4.78 is 11.4. The summed E-state index contributed by atoms with van der Waals surface area (Å²) >= 11 is 0. The predicted molar refractivity (Wildman–Crippen MR) is 188 cm³/mol. The zero-order chi connectivity index (χ0) is 33.8. The quantitative estimate of drug-likeness (QED) is 0.116. The van der Waals surface area contributed by atoms with Crippen LogP contribution < -0.4 is 0 Å². The molecule has 45 heavy (non-hydrogen) atoms. The van der Waals surface area contributed by atoms with E-state index in [1.165, 1.54) is 34.8 Å². The molecule has 5 heteroatoms. The molecule has 0 saturated heterocycles. The van der Waals surface area contributed by atoms with Gasteiger partial charge in [0.15, 0.2) is 0 Å². The Morgan fingerprint density at radius 2 is 1.16 bits per heavy atom. The van der Waals surface area contributed by atoms with Crippen LogP contribution in [0.15, 0.2) is 88.6 Å². The predicted octanol–water partition coefficient (Wildman–Crippen LogP) is 10.6. The summed E-state index contributed by atoms with van der Waals surface area (Å²) in [6.07, 6.45) is 17.5. The second-order valence-electron chi connectivity index (χ2n) is 13.1. The van der Waals surface area contributed by atoms with Crippen LogP contribution in [-0.4, -0.2) is 28.8 Å². The number of ether oxygens (including phenoxy) is 2. The third-order valence-corrected chi connectivity index (χ3v) is 7.83. The number of aliphatic hydroxyl groups is 1. The number of benzene rings is 1. The van der Waals surface area contributed by atoms with Gasteiger partial charge in [0.25, 0.3) is 0 Å². The lowest BCUT2D eigenvalue weighted by molar-refractivity contribution is -0.182. The summed E-state index contributed by atoms with van der Waals surface area (Å²) in [5, 5.41) is 11.6. The monoisotopic (exact) mass is 620 g/mol. The van der Waals surface area contributed by atoms with Crippen molar-refractivity contribution in [2.24, 2.45) is 0 Å². The van der Waals surface area contributed by atoms with Crippen LogP contribution in [0.5, 0.6) is 0 Å². The van der Waals surface area contributed by atoms with Crippen LogP contribution in [0.3, 0.4) is 0 Å². The normalized spacial score (nSPS) is 15.0. The summed E-state index contributed by atoms with van der Waals surface area (Å²) in [6, 6.07) is 8.86. The van der Waals surface area contributed by atoms with Crippen LogP contribution in [0, 0.1) is 0 Å². The Morgan fingerprint density at radius 1 is 0.689 bits per heavy atom. The Labute approximate surface area is 274 Å². The molecule has 1 aromatic rings. The lowest BCUT2D eigenvalue weighted by Crippen LogP contribution is -2.43. The highest BCUT2D eigenvalue weighted by Gasteiger charge is 2.37. The van der Waals surface area contributed by atoms with Crippen LogP contribution >= 0.6 is 0 Å². The summed E-state index contributed by atoms with van der Waals surface area (Å²) in [7, 11) is 0. The molecule has 0 amide bonds. The van der Waals surface area contributed by atoms with E-state index in [4.69, 9.17) is 9.47 Å². The zero-order valence-corrected chi connectivity index (χ0v) is 29.6. The van der Waals surface area contributed by atoms with Gasteiger partial charge in [-0.05, 0) is 120 Å². The maximum atomic E-state index is 13.5. The van der Waals surface area contributed by atoms with Gasteiger partial charge in [0.2, 0.25) is 6.10 Å². The van der Waals surface area contributed by atoms with E-state index < -0.39 is 29.7 Å². The molecule has 0 spiro atoms. The fraction of sp³-hybridized carbons (Fsp3) is 0.550. The second kappa shape index (κ2) is 21.5. The van der Waals surface area contributed by atoms with E-state index in [2.05, 4.69) is 78.8 Å². The molecule has 0 bridgehead atoms. The number of hydrogen-bond acceptors (Lipinski definition) is 5. The molecule has 0 aliphatic carbocycles. The van der Waals surface area contributed by atoms with Crippen molar-refractivity contribution in [2.75, 3.05) is 0 Å². The van der Waals surface area contributed by atoms with E-state index in [0.717, 1.165) is 38.5 Å². The van der Waals surface area contributed by atoms with Crippen LogP contribution in [0.4, 0.5) is 0 Å². The summed E-state index contributed by atoms with van der Waals surface area (Å²) in [6.45, 7) is 17.9. The Balaban J connectivity index is 3.01. The molecule has 0 heterocycles.